The number of anilines is 2. The number of hydrogen-bond acceptors (Lipinski definition) is 8. The molecule has 10 heteroatoms. The molecule has 0 unspecified atom stereocenters. The summed E-state index contributed by atoms with van der Waals surface area (Å²) in [6.45, 7) is 5.01. The van der Waals surface area contributed by atoms with Crippen LogP contribution in [-0.4, -0.2) is 50.0 Å². The molecule has 33 heavy (non-hydrogen) atoms. The first-order chi connectivity index (χ1) is 15.8. The lowest BCUT2D eigenvalue weighted by molar-refractivity contribution is 0.0468. The predicted molar refractivity (Wildman–Crippen MR) is 126 cm³/mol. The highest BCUT2D eigenvalue weighted by Gasteiger charge is 2.28. The lowest BCUT2D eigenvalue weighted by Crippen LogP contribution is -2.40. The molecule has 0 amide bonds. The van der Waals surface area contributed by atoms with Gasteiger partial charge in [0.15, 0.2) is 5.13 Å². The van der Waals surface area contributed by atoms with Gasteiger partial charge < -0.3 is 14.8 Å². The Labute approximate surface area is 197 Å². The molecule has 3 aromatic rings. The molecule has 1 fully saturated rings. The lowest BCUT2D eigenvalue weighted by atomic mass is 10.1. The molecule has 174 valence electrons. The smallest absolute Gasteiger partial charge is 0.338 e. The molecule has 1 saturated heterocycles. The summed E-state index contributed by atoms with van der Waals surface area (Å²) in [4.78, 5) is 17.2. The molecule has 8 nitrogen and oxygen atoms in total. The maximum atomic E-state index is 13.0. The molecular weight excluding hydrogens is 462 g/mol. The monoisotopic (exact) mass is 487 g/mol. The molecule has 0 radical (unpaired) electrons. The first kappa shape index (κ1) is 23.4. The molecule has 0 spiro atoms. The number of carbonyl (C=O) groups is 1. The second kappa shape index (κ2) is 10.0. The van der Waals surface area contributed by atoms with Gasteiger partial charge in [-0.05, 0) is 43.7 Å². The standard InChI is InChI=1S/C23H25N3O5S2/c1-16-3-7-19(8-4-16)24-23-25-20(15-32-23)14-31-22(27)18-6-5-17(2)21(13-18)33(28,29)26-9-11-30-12-10-26/h3-8,13,15H,9-12,14H2,1-2H3,(H,24,25). The zero-order valence-electron chi connectivity index (χ0n) is 18.4. The molecule has 1 aliphatic rings. The van der Waals surface area contributed by atoms with E-state index in [1.54, 1.807) is 19.1 Å². The van der Waals surface area contributed by atoms with E-state index in [2.05, 4.69) is 10.3 Å². The summed E-state index contributed by atoms with van der Waals surface area (Å²) in [5, 5.41) is 5.73. The first-order valence-corrected chi connectivity index (χ1v) is 12.8. The number of hydrogen-bond donors (Lipinski definition) is 1. The number of benzene rings is 2. The molecular formula is C23H25N3O5S2. The van der Waals surface area contributed by atoms with E-state index in [9.17, 15) is 13.2 Å². The first-order valence-electron chi connectivity index (χ1n) is 10.5. The largest absolute Gasteiger partial charge is 0.456 e. The summed E-state index contributed by atoms with van der Waals surface area (Å²) in [5.74, 6) is -0.602. The minimum atomic E-state index is -3.72. The number of esters is 1. The van der Waals surface area contributed by atoms with Crippen molar-refractivity contribution in [2.45, 2.75) is 25.3 Å². The van der Waals surface area contributed by atoms with Crippen LogP contribution in [0.4, 0.5) is 10.8 Å². The number of nitrogens with one attached hydrogen (secondary N) is 1. The SMILES string of the molecule is Cc1ccc(Nc2nc(COC(=O)c3ccc(C)c(S(=O)(=O)N4CCOCC4)c3)cs2)cc1. The van der Waals surface area contributed by atoms with Crippen LogP contribution < -0.4 is 5.32 Å². The van der Waals surface area contributed by atoms with E-state index in [1.165, 1.54) is 27.3 Å². The number of nitrogens with zero attached hydrogens (tertiary/aromatic N) is 2. The zero-order valence-corrected chi connectivity index (χ0v) is 20.0. The maximum absolute atomic E-state index is 13.0. The summed E-state index contributed by atoms with van der Waals surface area (Å²) < 4.78 is 38.1. The van der Waals surface area contributed by atoms with Crippen molar-refractivity contribution in [1.82, 2.24) is 9.29 Å². The van der Waals surface area contributed by atoms with Crippen molar-refractivity contribution in [3.8, 4) is 0 Å². The highest BCUT2D eigenvalue weighted by atomic mass is 32.2. The van der Waals surface area contributed by atoms with Gasteiger partial charge in [0.2, 0.25) is 10.0 Å². The molecule has 1 N–H and O–H groups in total. The average Bonchev–Trinajstić information content (AvgIpc) is 3.27. The second-order valence-corrected chi connectivity index (χ2v) is 10.5. The van der Waals surface area contributed by atoms with E-state index >= 15 is 0 Å². The van der Waals surface area contributed by atoms with Crippen molar-refractivity contribution in [3.63, 3.8) is 0 Å². The van der Waals surface area contributed by atoms with Gasteiger partial charge >= 0.3 is 5.97 Å². The number of aryl methyl sites for hydroxylation is 2. The Hall–Kier alpha value is -2.79. The lowest BCUT2D eigenvalue weighted by Gasteiger charge is -2.26. The van der Waals surface area contributed by atoms with Crippen LogP contribution in [0.5, 0.6) is 0 Å². The quantitative estimate of drug-likeness (QED) is 0.505. The molecule has 0 bridgehead atoms. The van der Waals surface area contributed by atoms with E-state index in [-0.39, 0.29) is 17.1 Å². The molecule has 1 aliphatic heterocycles. The van der Waals surface area contributed by atoms with E-state index < -0.39 is 16.0 Å². The number of rotatable bonds is 7. The van der Waals surface area contributed by atoms with Crippen LogP contribution in [0.15, 0.2) is 52.7 Å². The van der Waals surface area contributed by atoms with Crippen molar-refractivity contribution in [2.24, 2.45) is 0 Å². The molecule has 0 aliphatic carbocycles. The molecule has 2 aromatic carbocycles. The maximum Gasteiger partial charge on any atom is 0.338 e. The predicted octanol–water partition coefficient (Wildman–Crippen LogP) is 3.88. The summed E-state index contributed by atoms with van der Waals surface area (Å²) in [6.07, 6.45) is 0. The summed E-state index contributed by atoms with van der Waals surface area (Å²) in [6, 6.07) is 12.5. The minimum absolute atomic E-state index is 0.00959. The van der Waals surface area contributed by atoms with Crippen LogP contribution in [0.1, 0.15) is 27.2 Å². The van der Waals surface area contributed by atoms with Crippen molar-refractivity contribution in [1.29, 1.82) is 0 Å². The Bertz CT molecular complexity index is 1230. The fourth-order valence-corrected chi connectivity index (χ4v) is 5.72. The van der Waals surface area contributed by atoms with Crippen molar-refractivity contribution in [3.05, 3.63) is 70.2 Å². The zero-order chi connectivity index (χ0) is 23.4. The fourth-order valence-electron chi connectivity index (χ4n) is 3.34. The van der Waals surface area contributed by atoms with Crippen LogP contribution >= 0.6 is 11.3 Å². The second-order valence-electron chi connectivity index (χ2n) is 7.71. The van der Waals surface area contributed by atoms with Crippen molar-refractivity contribution in [2.75, 3.05) is 31.6 Å². The summed E-state index contributed by atoms with van der Waals surface area (Å²) >= 11 is 1.41. The third-order valence-corrected chi connectivity index (χ3v) is 8.06. The average molecular weight is 488 g/mol. The van der Waals surface area contributed by atoms with Gasteiger partial charge in [-0.3, -0.25) is 0 Å². The highest BCUT2D eigenvalue weighted by molar-refractivity contribution is 7.89. The third kappa shape index (κ3) is 5.59. The number of sulfonamides is 1. The Morgan fingerprint density at radius 1 is 1.15 bits per heavy atom. The van der Waals surface area contributed by atoms with Crippen LogP contribution in [0.2, 0.25) is 0 Å². The van der Waals surface area contributed by atoms with E-state index in [4.69, 9.17) is 9.47 Å². The van der Waals surface area contributed by atoms with Crippen molar-refractivity contribution >= 4 is 38.1 Å². The van der Waals surface area contributed by atoms with Gasteiger partial charge in [-0.1, -0.05) is 23.8 Å². The Kier molecular flexibility index (Phi) is 7.08. The van der Waals surface area contributed by atoms with Crippen LogP contribution in [0.25, 0.3) is 0 Å². The Morgan fingerprint density at radius 2 is 1.88 bits per heavy atom. The van der Waals surface area contributed by atoms with Gasteiger partial charge in [-0.25, -0.2) is 18.2 Å². The van der Waals surface area contributed by atoms with Gasteiger partial charge in [0.1, 0.15) is 6.61 Å². The molecule has 4 rings (SSSR count). The summed E-state index contributed by atoms with van der Waals surface area (Å²) in [7, 11) is -3.72. The van der Waals surface area contributed by atoms with Gasteiger partial charge in [-0.2, -0.15) is 4.31 Å². The van der Waals surface area contributed by atoms with E-state index in [0.29, 0.717) is 42.7 Å². The van der Waals surface area contributed by atoms with Gasteiger partial charge in [0, 0.05) is 24.2 Å². The Morgan fingerprint density at radius 3 is 2.61 bits per heavy atom. The highest BCUT2D eigenvalue weighted by Crippen LogP contribution is 2.24. The van der Waals surface area contributed by atoms with Crippen molar-refractivity contribution < 1.29 is 22.7 Å². The molecule has 1 aromatic heterocycles. The molecule has 0 saturated carbocycles. The Balaban J connectivity index is 1.41. The number of carbonyl (C=O) groups excluding carboxylic acids is 1. The van der Waals surface area contributed by atoms with Crippen LogP contribution in [0, 0.1) is 13.8 Å². The topological polar surface area (TPSA) is 97.8 Å². The number of morpholine rings is 1. The fraction of sp³-hybridized carbons (Fsp3) is 0.304. The number of ether oxygens (including phenoxy) is 2. The van der Waals surface area contributed by atoms with Gasteiger partial charge in [0.05, 0.1) is 29.4 Å². The summed E-state index contributed by atoms with van der Waals surface area (Å²) in [5.41, 5.74) is 3.46. The number of thiazole rings is 1. The molecule has 2 heterocycles. The normalized spacial score (nSPS) is 14.7. The molecule has 0 atom stereocenters. The van der Waals surface area contributed by atoms with E-state index in [1.807, 2.05) is 36.6 Å². The van der Waals surface area contributed by atoms with Crippen LogP contribution in [-0.2, 0) is 26.1 Å². The number of aromatic nitrogens is 1. The van der Waals surface area contributed by atoms with Crippen LogP contribution in [0.3, 0.4) is 0 Å². The van der Waals surface area contributed by atoms with E-state index in [0.717, 1.165) is 5.69 Å². The minimum Gasteiger partial charge on any atom is -0.456 e. The third-order valence-electron chi connectivity index (χ3n) is 5.22. The van der Waals surface area contributed by atoms with Gasteiger partial charge in [-0.15, -0.1) is 11.3 Å². The van der Waals surface area contributed by atoms with Gasteiger partial charge in [0.25, 0.3) is 0 Å².